The van der Waals surface area contributed by atoms with Crippen LogP contribution in [0.4, 0.5) is 15.3 Å². The monoisotopic (exact) mass is 528 g/mol. The predicted molar refractivity (Wildman–Crippen MR) is 135 cm³/mol. The molecule has 4 amide bonds. The van der Waals surface area contributed by atoms with Gasteiger partial charge in [-0.2, -0.15) is 0 Å². The Hall–Kier alpha value is -2.81. The highest BCUT2D eigenvalue weighted by Crippen LogP contribution is 2.45. The average molecular weight is 529 g/mol. The van der Waals surface area contributed by atoms with Crippen LogP contribution in [-0.4, -0.2) is 54.0 Å². The summed E-state index contributed by atoms with van der Waals surface area (Å²) in [5.41, 5.74) is 1.87. The second-order valence-electron chi connectivity index (χ2n) is 9.99. The summed E-state index contributed by atoms with van der Waals surface area (Å²) in [5.74, 6) is -0.179. The first kappa shape index (κ1) is 23.6. The van der Waals surface area contributed by atoms with Crippen molar-refractivity contribution in [3.8, 4) is 0 Å². The number of rotatable bonds is 4. The van der Waals surface area contributed by atoms with Crippen molar-refractivity contribution in [3.63, 3.8) is 0 Å². The molecule has 1 atom stereocenters. The molecule has 1 aliphatic carbocycles. The second kappa shape index (κ2) is 8.64. The van der Waals surface area contributed by atoms with E-state index < -0.39 is 17.2 Å². The Balaban J connectivity index is 1.08. The summed E-state index contributed by atoms with van der Waals surface area (Å²) in [7, 11) is 0. The Morgan fingerprint density at radius 1 is 0.917 bits per heavy atom. The molecule has 36 heavy (non-hydrogen) atoms. The van der Waals surface area contributed by atoms with Gasteiger partial charge < -0.3 is 15.0 Å². The van der Waals surface area contributed by atoms with Gasteiger partial charge in [0.2, 0.25) is 0 Å². The van der Waals surface area contributed by atoms with Crippen molar-refractivity contribution in [2.45, 2.75) is 43.2 Å². The van der Waals surface area contributed by atoms with Gasteiger partial charge in [0, 0.05) is 48.1 Å². The molecule has 2 fully saturated rings. The third-order valence-electron chi connectivity index (χ3n) is 7.99. The summed E-state index contributed by atoms with van der Waals surface area (Å²) in [4.78, 5) is 42.0. The van der Waals surface area contributed by atoms with Crippen LogP contribution in [0.15, 0.2) is 36.4 Å². The van der Waals surface area contributed by atoms with E-state index in [0.717, 1.165) is 42.0 Å². The van der Waals surface area contributed by atoms with E-state index in [2.05, 4.69) is 15.5 Å². The van der Waals surface area contributed by atoms with E-state index in [9.17, 15) is 14.4 Å². The van der Waals surface area contributed by atoms with Gasteiger partial charge in [0.25, 0.3) is 5.91 Å². The number of benzene rings is 2. The van der Waals surface area contributed by atoms with Crippen molar-refractivity contribution in [2.24, 2.45) is 0 Å². The van der Waals surface area contributed by atoms with E-state index in [4.69, 9.17) is 27.9 Å². The Kier molecular flexibility index (Phi) is 5.66. The van der Waals surface area contributed by atoms with Crippen molar-refractivity contribution >= 4 is 46.9 Å². The fraction of sp³-hybridized carbons (Fsp3) is 0.423. The molecule has 0 radical (unpaired) electrons. The van der Waals surface area contributed by atoms with Gasteiger partial charge in [0.05, 0.1) is 5.69 Å². The number of piperidine rings is 1. The molecule has 0 saturated carbocycles. The number of halogens is 2. The van der Waals surface area contributed by atoms with Crippen molar-refractivity contribution in [1.82, 2.24) is 15.1 Å². The van der Waals surface area contributed by atoms with Crippen LogP contribution in [-0.2, 0) is 27.1 Å². The minimum absolute atomic E-state index is 0.179. The Morgan fingerprint density at radius 3 is 2.47 bits per heavy atom. The van der Waals surface area contributed by atoms with Crippen LogP contribution in [0.3, 0.4) is 0 Å². The molecule has 2 aromatic rings. The fourth-order valence-electron chi connectivity index (χ4n) is 6.16. The first-order valence-corrected chi connectivity index (χ1v) is 13.0. The number of nitrogens with zero attached hydrogens (tertiary/aromatic N) is 2. The summed E-state index contributed by atoms with van der Waals surface area (Å²) >= 11 is 12.3. The number of fused-ring (bicyclic) bond motifs is 4. The first-order chi connectivity index (χ1) is 17.3. The molecular weight excluding hydrogens is 503 g/mol. The van der Waals surface area contributed by atoms with Crippen LogP contribution in [0, 0.1) is 0 Å². The fourth-order valence-corrected chi connectivity index (χ4v) is 6.52. The number of imide groups is 1. The van der Waals surface area contributed by atoms with Crippen molar-refractivity contribution in [1.29, 1.82) is 0 Å². The van der Waals surface area contributed by atoms with Crippen LogP contribution in [0.1, 0.15) is 42.4 Å². The maximum Gasteiger partial charge on any atom is 0.412 e. The molecule has 6 rings (SSSR count). The van der Waals surface area contributed by atoms with E-state index in [1.165, 1.54) is 4.90 Å². The predicted octanol–water partition coefficient (Wildman–Crippen LogP) is 4.63. The molecule has 3 aliphatic heterocycles. The number of aryl methyl sites for hydroxylation is 1. The van der Waals surface area contributed by atoms with Gasteiger partial charge in [-0.1, -0.05) is 29.3 Å². The summed E-state index contributed by atoms with van der Waals surface area (Å²) in [6.45, 7) is 2.56. The summed E-state index contributed by atoms with van der Waals surface area (Å²) in [6, 6.07) is 10.6. The van der Waals surface area contributed by atoms with Crippen molar-refractivity contribution in [3.05, 3.63) is 63.1 Å². The van der Waals surface area contributed by atoms with E-state index in [-0.39, 0.29) is 11.9 Å². The highest BCUT2D eigenvalue weighted by molar-refractivity contribution is 6.31. The number of carbonyl (C=O) groups is 3. The zero-order chi connectivity index (χ0) is 25.1. The van der Waals surface area contributed by atoms with E-state index in [1.807, 2.05) is 24.3 Å². The smallest absolute Gasteiger partial charge is 0.412 e. The zero-order valence-electron chi connectivity index (χ0n) is 19.6. The minimum atomic E-state index is -0.970. The molecule has 2 spiro atoms. The van der Waals surface area contributed by atoms with Crippen LogP contribution < -0.4 is 10.6 Å². The summed E-state index contributed by atoms with van der Waals surface area (Å²) in [6.07, 6.45) is 2.79. The molecule has 3 heterocycles. The number of carbonyl (C=O) groups excluding carboxylic acids is 3. The largest absolute Gasteiger partial charge is 0.438 e. The van der Waals surface area contributed by atoms with Crippen LogP contribution >= 0.6 is 23.2 Å². The Morgan fingerprint density at radius 2 is 1.67 bits per heavy atom. The molecule has 0 bridgehead atoms. The lowest BCUT2D eigenvalue weighted by Crippen LogP contribution is -2.48. The normalized spacial score (nSPS) is 24.5. The van der Waals surface area contributed by atoms with Crippen LogP contribution in [0.5, 0.6) is 0 Å². The lowest BCUT2D eigenvalue weighted by molar-refractivity contribution is -0.131. The number of ether oxygens (including phenoxy) is 1. The lowest BCUT2D eigenvalue weighted by Gasteiger charge is -2.44. The van der Waals surface area contributed by atoms with Crippen molar-refractivity contribution in [2.75, 3.05) is 31.5 Å². The van der Waals surface area contributed by atoms with Gasteiger partial charge in [-0.25, -0.2) is 9.59 Å². The van der Waals surface area contributed by atoms with Gasteiger partial charge in [0.15, 0.2) is 0 Å². The molecular formula is C26H26Cl2N4O4. The van der Waals surface area contributed by atoms with Gasteiger partial charge in [-0.05, 0) is 67.3 Å². The number of anilines is 1. The first-order valence-electron chi connectivity index (χ1n) is 12.3. The Labute approximate surface area is 218 Å². The SMILES string of the molecule is O=C1Nc2ccc(Cl)cc2C2(CCN(CCCN3C(=O)NC4(CCc5cc(Cl)ccc54)C3=O)CC2)O1. The van der Waals surface area contributed by atoms with E-state index >= 15 is 0 Å². The van der Waals surface area contributed by atoms with E-state index in [0.29, 0.717) is 48.7 Å². The topological polar surface area (TPSA) is 91.0 Å². The zero-order valence-corrected chi connectivity index (χ0v) is 21.1. The van der Waals surface area contributed by atoms with Gasteiger partial charge in [0.1, 0.15) is 11.1 Å². The molecule has 1 unspecified atom stereocenters. The van der Waals surface area contributed by atoms with Gasteiger partial charge >= 0.3 is 12.1 Å². The second-order valence-corrected chi connectivity index (χ2v) is 10.9. The molecule has 188 valence electrons. The quantitative estimate of drug-likeness (QED) is 0.564. The highest BCUT2D eigenvalue weighted by Gasteiger charge is 2.55. The standard InChI is InChI=1S/C26H26Cl2N4O4/c27-17-2-4-19-16(14-17)6-7-26(19)22(33)32(23(34)30-26)11-1-10-31-12-8-25(9-13-31)20-15-18(28)3-5-21(20)29-24(35)36-25/h2-5,14-15H,1,6-13H2,(H,29,35)(H,30,34). The molecule has 4 aliphatic rings. The van der Waals surface area contributed by atoms with Crippen LogP contribution in [0.2, 0.25) is 10.0 Å². The minimum Gasteiger partial charge on any atom is -0.438 e. The summed E-state index contributed by atoms with van der Waals surface area (Å²) in [5, 5.41) is 6.96. The number of likely N-dealkylation sites (tertiary alicyclic amines) is 1. The maximum absolute atomic E-state index is 13.4. The van der Waals surface area contributed by atoms with Gasteiger partial charge in [-0.15, -0.1) is 0 Å². The average Bonchev–Trinajstić information content (AvgIpc) is 3.32. The number of amides is 4. The Bertz CT molecular complexity index is 1280. The number of nitrogens with one attached hydrogen (secondary N) is 2. The molecule has 10 heteroatoms. The summed E-state index contributed by atoms with van der Waals surface area (Å²) < 4.78 is 5.80. The third kappa shape index (κ3) is 3.74. The number of hydrogen-bond donors (Lipinski definition) is 2. The molecule has 0 aromatic heterocycles. The number of hydrogen-bond acceptors (Lipinski definition) is 5. The highest BCUT2D eigenvalue weighted by atomic mass is 35.5. The maximum atomic E-state index is 13.4. The molecule has 2 saturated heterocycles. The molecule has 8 nitrogen and oxygen atoms in total. The van der Waals surface area contributed by atoms with Crippen molar-refractivity contribution < 1.29 is 19.1 Å². The van der Waals surface area contributed by atoms with Gasteiger partial charge in [-0.3, -0.25) is 15.0 Å². The lowest BCUT2D eigenvalue weighted by atomic mass is 9.82. The van der Waals surface area contributed by atoms with Crippen LogP contribution in [0.25, 0.3) is 0 Å². The van der Waals surface area contributed by atoms with E-state index in [1.54, 1.807) is 12.1 Å². The number of urea groups is 1. The third-order valence-corrected chi connectivity index (χ3v) is 8.46. The molecule has 2 aromatic carbocycles. The molecule has 2 N–H and O–H groups in total.